The summed E-state index contributed by atoms with van der Waals surface area (Å²) < 4.78 is 0.349. The third kappa shape index (κ3) is 7.64. The Morgan fingerprint density at radius 2 is 1.96 bits per heavy atom. The number of halogens is 1. The van der Waals surface area contributed by atoms with Crippen molar-refractivity contribution in [3.63, 3.8) is 0 Å². The van der Waals surface area contributed by atoms with Gasteiger partial charge < -0.3 is 10.6 Å². The van der Waals surface area contributed by atoms with Gasteiger partial charge in [-0.1, -0.05) is 38.1 Å². The summed E-state index contributed by atoms with van der Waals surface area (Å²) >= 11 is 2.07. The molecule has 2 rings (SSSR count). The van der Waals surface area contributed by atoms with Crippen molar-refractivity contribution in [1.82, 2.24) is 15.5 Å². The lowest BCUT2D eigenvalue weighted by Crippen LogP contribution is -2.43. The third-order valence-electron chi connectivity index (χ3n) is 4.91. The van der Waals surface area contributed by atoms with E-state index in [0.717, 1.165) is 38.7 Å². The van der Waals surface area contributed by atoms with Crippen molar-refractivity contribution in [2.24, 2.45) is 4.99 Å². The topological polar surface area (TPSA) is 39.7 Å². The molecule has 1 fully saturated rings. The maximum absolute atomic E-state index is 4.37. The molecular formula is C20H35IN4S. The van der Waals surface area contributed by atoms with E-state index in [2.05, 4.69) is 77.3 Å². The molecule has 0 bridgehead atoms. The molecule has 1 aromatic rings. The molecule has 0 amide bonds. The first-order valence-electron chi connectivity index (χ1n) is 9.47. The first kappa shape index (κ1) is 23.6. The molecule has 1 aromatic carbocycles. The van der Waals surface area contributed by atoms with Crippen LogP contribution in [0.5, 0.6) is 0 Å². The minimum absolute atomic E-state index is 0. The molecule has 0 aliphatic carbocycles. The van der Waals surface area contributed by atoms with Gasteiger partial charge in [0.1, 0.15) is 0 Å². The van der Waals surface area contributed by atoms with Gasteiger partial charge in [-0.25, -0.2) is 0 Å². The first-order valence-corrected chi connectivity index (χ1v) is 10.5. The second-order valence-electron chi connectivity index (χ2n) is 6.96. The normalized spacial score (nSPS) is 20.1. The molecule has 1 saturated heterocycles. The molecule has 0 aromatic heterocycles. The smallest absolute Gasteiger partial charge is 0.191 e. The summed E-state index contributed by atoms with van der Waals surface area (Å²) in [5, 5.41) is 6.95. The summed E-state index contributed by atoms with van der Waals surface area (Å²) in [6.07, 6.45) is 2.61. The van der Waals surface area contributed by atoms with Crippen LogP contribution in [0.4, 0.5) is 0 Å². The number of hydrogen-bond acceptors (Lipinski definition) is 3. The van der Waals surface area contributed by atoms with E-state index < -0.39 is 0 Å². The summed E-state index contributed by atoms with van der Waals surface area (Å²) in [5.74, 6) is 2.17. The Balaban J connectivity index is 0.00000338. The van der Waals surface area contributed by atoms with Crippen LogP contribution in [0.15, 0.2) is 29.3 Å². The molecule has 1 aliphatic rings. The average Bonchev–Trinajstić information content (AvgIpc) is 3.07. The van der Waals surface area contributed by atoms with Crippen molar-refractivity contribution in [2.45, 2.75) is 51.4 Å². The van der Waals surface area contributed by atoms with Crippen molar-refractivity contribution in [3.05, 3.63) is 35.4 Å². The molecule has 4 nitrogen and oxygen atoms in total. The third-order valence-corrected chi connectivity index (χ3v) is 6.44. The minimum atomic E-state index is 0. The van der Waals surface area contributed by atoms with E-state index in [-0.39, 0.29) is 24.0 Å². The molecule has 2 N–H and O–H groups in total. The van der Waals surface area contributed by atoms with Crippen molar-refractivity contribution >= 4 is 41.7 Å². The lowest BCUT2D eigenvalue weighted by Gasteiger charge is -2.24. The second kappa shape index (κ2) is 12.1. The van der Waals surface area contributed by atoms with E-state index >= 15 is 0 Å². The van der Waals surface area contributed by atoms with Crippen LogP contribution < -0.4 is 10.6 Å². The van der Waals surface area contributed by atoms with Crippen LogP contribution in [0.1, 0.15) is 44.7 Å². The predicted molar refractivity (Wildman–Crippen MR) is 127 cm³/mol. The van der Waals surface area contributed by atoms with Crippen LogP contribution in [0, 0.1) is 0 Å². The fourth-order valence-corrected chi connectivity index (χ4v) is 4.44. The Morgan fingerprint density at radius 3 is 2.58 bits per heavy atom. The van der Waals surface area contributed by atoms with Gasteiger partial charge in [-0.15, -0.1) is 24.0 Å². The van der Waals surface area contributed by atoms with E-state index in [9.17, 15) is 0 Å². The van der Waals surface area contributed by atoms with Gasteiger partial charge in [0, 0.05) is 31.4 Å². The Kier molecular flexibility index (Phi) is 11.0. The largest absolute Gasteiger partial charge is 0.355 e. The monoisotopic (exact) mass is 490 g/mol. The highest BCUT2D eigenvalue weighted by atomic mass is 127. The molecule has 1 atom stereocenters. The minimum Gasteiger partial charge on any atom is -0.355 e. The number of nitrogens with one attached hydrogen (secondary N) is 2. The van der Waals surface area contributed by atoms with Gasteiger partial charge in [0.15, 0.2) is 5.96 Å². The van der Waals surface area contributed by atoms with E-state index in [1.54, 1.807) is 0 Å². The van der Waals surface area contributed by atoms with Crippen molar-refractivity contribution in [3.8, 4) is 0 Å². The number of nitrogens with zero attached hydrogens (tertiary/aromatic N) is 2. The van der Waals surface area contributed by atoms with Crippen LogP contribution in [0.2, 0.25) is 0 Å². The van der Waals surface area contributed by atoms with Gasteiger partial charge in [0.05, 0.1) is 0 Å². The zero-order chi connectivity index (χ0) is 18.1. The number of thioether (sulfide) groups is 1. The summed E-state index contributed by atoms with van der Waals surface area (Å²) in [4.78, 5) is 6.81. The Labute approximate surface area is 181 Å². The van der Waals surface area contributed by atoms with Crippen LogP contribution >= 0.6 is 35.7 Å². The molecule has 26 heavy (non-hydrogen) atoms. The number of benzene rings is 1. The van der Waals surface area contributed by atoms with Crippen LogP contribution in [-0.2, 0) is 13.1 Å². The average molecular weight is 490 g/mol. The SMILES string of the molecule is CCN(CC)Cc1cccc(CNC(=NC)NCC2(C)CCCS2)c1.I. The van der Waals surface area contributed by atoms with Crippen molar-refractivity contribution in [2.75, 3.05) is 32.4 Å². The predicted octanol–water partition coefficient (Wildman–Crippen LogP) is 4.10. The molecule has 148 valence electrons. The first-order chi connectivity index (χ1) is 12.1. The molecule has 6 heteroatoms. The highest BCUT2D eigenvalue weighted by molar-refractivity contribution is 14.0. The summed E-state index contributed by atoms with van der Waals surface area (Å²) in [7, 11) is 1.84. The number of guanidine groups is 1. The zero-order valence-corrected chi connectivity index (χ0v) is 19.8. The molecule has 0 radical (unpaired) electrons. The molecule has 1 heterocycles. The molecule has 0 saturated carbocycles. The lowest BCUT2D eigenvalue weighted by atomic mass is 10.1. The summed E-state index contributed by atoms with van der Waals surface area (Å²) in [6, 6.07) is 8.85. The quantitative estimate of drug-likeness (QED) is 0.327. The molecule has 1 aliphatic heterocycles. The lowest BCUT2D eigenvalue weighted by molar-refractivity contribution is 0.296. The van der Waals surface area contributed by atoms with E-state index in [4.69, 9.17) is 0 Å². The van der Waals surface area contributed by atoms with Gasteiger partial charge >= 0.3 is 0 Å². The van der Waals surface area contributed by atoms with Crippen LogP contribution in [0.3, 0.4) is 0 Å². The number of rotatable bonds is 8. The maximum Gasteiger partial charge on any atom is 0.191 e. The van der Waals surface area contributed by atoms with Crippen LogP contribution in [0.25, 0.3) is 0 Å². The van der Waals surface area contributed by atoms with E-state index in [1.807, 2.05) is 7.05 Å². The van der Waals surface area contributed by atoms with Crippen LogP contribution in [-0.4, -0.2) is 48.0 Å². The van der Waals surface area contributed by atoms with Gasteiger partial charge in [0.2, 0.25) is 0 Å². The van der Waals surface area contributed by atoms with Crippen molar-refractivity contribution in [1.29, 1.82) is 0 Å². The summed E-state index contributed by atoms with van der Waals surface area (Å²) in [5.41, 5.74) is 2.68. The van der Waals surface area contributed by atoms with Gasteiger partial charge in [-0.2, -0.15) is 11.8 Å². The highest BCUT2D eigenvalue weighted by Gasteiger charge is 2.29. The fourth-order valence-electron chi connectivity index (χ4n) is 3.20. The molecular weight excluding hydrogens is 455 g/mol. The van der Waals surface area contributed by atoms with E-state index in [1.165, 1.54) is 29.7 Å². The zero-order valence-electron chi connectivity index (χ0n) is 16.7. The fraction of sp³-hybridized carbons (Fsp3) is 0.650. The Bertz CT molecular complexity index is 554. The molecule has 0 spiro atoms. The highest BCUT2D eigenvalue weighted by Crippen LogP contribution is 2.36. The van der Waals surface area contributed by atoms with Crippen molar-refractivity contribution < 1.29 is 0 Å². The Morgan fingerprint density at radius 1 is 1.23 bits per heavy atom. The number of hydrogen-bond donors (Lipinski definition) is 2. The van der Waals surface area contributed by atoms with Gasteiger partial charge in [-0.05, 0) is 49.7 Å². The standard InChI is InChI=1S/C20H34N4S.HI/c1-5-24(6-2)15-18-10-7-9-17(13-18)14-22-19(21-4)23-16-20(3)11-8-12-25-20;/h7,9-10,13H,5-6,8,11-12,14-16H2,1-4H3,(H2,21,22,23);1H. The van der Waals surface area contributed by atoms with Gasteiger partial charge in [0.25, 0.3) is 0 Å². The second-order valence-corrected chi connectivity index (χ2v) is 8.65. The maximum atomic E-state index is 4.37. The van der Waals surface area contributed by atoms with E-state index in [0.29, 0.717) is 4.75 Å². The Hall–Kier alpha value is -0.470. The number of aliphatic imine (C=N–C) groups is 1. The molecule has 1 unspecified atom stereocenters. The van der Waals surface area contributed by atoms with Gasteiger partial charge in [-0.3, -0.25) is 9.89 Å². The summed E-state index contributed by atoms with van der Waals surface area (Å²) in [6.45, 7) is 11.8.